The molecule has 0 saturated heterocycles. The van der Waals surface area contributed by atoms with Gasteiger partial charge in [-0.05, 0) is 35.7 Å². The summed E-state index contributed by atoms with van der Waals surface area (Å²) in [6.07, 6.45) is 0. The number of hydrogen-bond acceptors (Lipinski definition) is 5. The Balaban J connectivity index is 2.79. The summed E-state index contributed by atoms with van der Waals surface area (Å²) in [5, 5.41) is 13.5. The van der Waals surface area contributed by atoms with Gasteiger partial charge in [-0.3, -0.25) is 0 Å². The minimum atomic E-state index is -4.57. The van der Waals surface area contributed by atoms with E-state index in [0.717, 1.165) is 11.8 Å². The summed E-state index contributed by atoms with van der Waals surface area (Å²) in [6.45, 7) is 0. The largest absolute Gasteiger partial charge is 0.744 e. The van der Waals surface area contributed by atoms with E-state index in [-0.39, 0.29) is 5.75 Å². The molecule has 90 valence electrons. The van der Waals surface area contributed by atoms with Crippen LogP contribution in [0.3, 0.4) is 0 Å². The molecule has 0 fully saturated rings. The van der Waals surface area contributed by atoms with Crippen LogP contribution in [0.2, 0.25) is 0 Å². The van der Waals surface area contributed by atoms with Gasteiger partial charge in [0.05, 0.1) is 4.90 Å². The molecule has 0 aliphatic carbocycles. The van der Waals surface area contributed by atoms with Gasteiger partial charge in [0.25, 0.3) is 0 Å². The minimum absolute atomic E-state index is 0.223. The number of anilines is 1. The summed E-state index contributed by atoms with van der Waals surface area (Å²) in [5.74, 6) is -0.223. The molecule has 17 heavy (non-hydrogen) atoms. The maximum atomic E-state index is 10.9. The highest BCUT2D eigenvalue weighted by molar-refractivity contribution is 7.85. The van der Waals surface area contributed by atoms with Crippen molar-refractivity contribution in [1.29, 1.82) is 0 Å². The molecule has 0 atom stereocenters. The molecule has 0 unspecified atom stereocenters. The third-order valence-electron chi connectivity index (χ3n) is 2.48. The van der Waals surface area contributed by atoms with Gasteiger partial charge in [-0.15, -0.1) is 0 Å². The Bertz CT molecular complexity index is 679. The summed E-state index contributed by atoms with van der Waals surface area (Å²) < 4.78 is 32.7. The first-order valence-electron chi connectivity index (χ1n) is 4.82. The molecule has 2 aromatic rings. The fourth-order valence-corrected chi connectivity index (χ4v) is 2.15. The van der Waals surface area contributed by atoms with Crippen molar-refractivity contribution in [2.24, 2.45) is 0 Å². The normalized spacial score (nSPS) is 11.6. The third kappa shape index (κ3) is 2.17. The van der Waals surface area contributed by atoms with E-state index in [1.54, 1.807) is 25.2 Å². The van der Waals surface area contributed by atoms with Crippen LogP contribution in [-0.2, 0) is 10.1 Å². The molecule has 0 aliphatic rings. The van der Waals surface area contributed by atoms with Gasteiger partial charge in [-0.25, -0.2) is 8.42 Å². The van der Waals surface area contributed by atoms with Crippen molar-refractivity contribution in [2.45, 2.75) is 4.90 Å². The monoisotopic (exact) mass is 252 g/mol. The highest BCUT2D eigenvalue weighted by atomic mass is 32.2. The molecule has 0 heterocycles. The second-order valence-corrected chi connectivity index (χ2v) is 4.96. The van der Waals surface area contributed by atoms with Crippen LogP contribution >= 0.6 is 0 Å². The van der Waals surface area contributed by atoms with Crippen LogP contribution in [0.15, 0.2) is 35.2 Å². The molecular formula is C11H10NO4S-. The van der Waals surface area contributed by atoms with Gasteiger partial charge in [-0.1, -0.05) is 0 Å². The Hall–Kier alpha value is -1.79. The van der Waals surface area contributed by atoms with Crippen molar-refractivity contribution >= 4 is 26.6 Å². The number of fused-ring (bicyclic) bond motifs is 1. The predicted molar refractivity (Wildman–Crippen MR) is 63.1 cm³/mol. The first-order chi connectivity index (χ1) is 7.91. The Morgan fingerprint density at radius 1 is 1.24 bits per heavy atom. The van der Waals surface area contributed by atoms with Crippen molar-refractivity contribution in [2.75, 3.05) is 12.4 Å². The summed E-state index contributed by atoms with van der Waals surface area (Å²) in [4.78, 5) is -0.434. The lowest BCUT2D eigenvalue weighted by molar-refractivity contribution is 0.458. The van der Waals surface area contributed by atoms with Gasteiger partial charge in [0.1, 0.15) is 15.9 Å². The van der Waals surface area contributed by atoms with E-state index in [4.69, 9.17) is 0 Å². The second-order valence-electron chi connectivity index (χ2n) is 3.58. The van der Waals surface area contributed by atoms with Crippen LogP contribution in [0.4, 0.5) is 5.69 Å². The van der Waals surface area contributed by atoms with Crippen LogP contribution in [-0.4, -0.2) is 25.1 Å². The van der Waals surface area contributed by atoms with Crippen LogP contribution in [0.5, 0.6) is 5.75 Å². The van der Waals surface area contributed by atoms with E-state index in [1.807, 2.05) is 0 Å². The molecule has 0 bridgehead atoms. The molecule has 0 spiro atoms. The summed E-state index contributed by atoms with van der Waals surface area (Å²) in [6, 6.07) is 7.26. The third-order valence-corrected chi connectivity index (χ3v) is 3.29. The van der Waals surface area contributed by atoms with Crippen molar-refractivity contribution in [3.8, 4) is 5.75 Å². The molecule has 2 rings (SSSR count). The molecule has 5 nitrogen and oxygen atoms in total. The van der Waals surface area contributed by atoms with Gasteiger partial charge >= 0.3 is 0 Å². The smallest absolute Gasteiger partial charge is 0.124 e. The molecule has 2 N–H and O–H groups in total. The molecule has 0 aliphatic heterocycles. The highest BCUT2D eigenvalue weighted by Gasteiger charge is 2.08. The van der Waals surface area contributed by atoms with Gasteiger partial charge in [0.15, 0.2) is 0 Å². The topological polar surface area (TPSA) is 89.5 Å². The Morgan fingerprint density at radius 3 is 2.53 bits per heavy atom. The van der Waals surface area contributed by atoms with Gasteiger partial charge < -0.3 is 15.0 Å². The lowest BCUT2D eigenvalue weighted by Crippen LogP contribution is -1.98. The zero-order valence-corrected chi connectivity index (χ0v) is 9.78. The average Bonchev–Trinajstić information content (AvgIpc) is 2.27. The number of phenolic OH excluding ortho intramolecular Hbond substituents is 1. The number of phenols is 1. The van der Waals surface area contributed by atoms with E-state index in [0.29, 0.717) is 10.8 Å². The standard InChI is InChI=1S/C11H11NO4S/c1-12-8-2-3-10-7(4-8)5-9(6-11(10)13)17(14,15)16/h2-6,12-13H,1H3,(H,14,15,16)/p-1. The number of benzene rings is 2. The van der Waals surface area contributed by atoms with Crippen molar-refractivity contribution in [3.05, 3.63) is 30.3 Å². The summed E-state index contributed by atoms with van der Waals surface area (Å²) in [5.41, 5.74) is 0.761. The maximum absolute atomic E-state index is 10.9. The molecule has 0 radical (unpaired) electrons. The van der Waals surface area contributed by atoms with Gasteiger partial charge in [0.2, 0.25) is 0 Å². The van der Waals surface area contributed by atoms with Gasteiger partial charge in [0, 0.05) is 18.1 Å². The quantitative estimate of drug-likeness (QED) is 0.790. The molecule has 0 aromatic heterocycles. The maximum Gasteiger partial charge on any atom is 0.124 e. The van der Waals surface area contributed by atoms with Crippen LogP contribution in [0.1, 0.15) is 0 Å². The van der Waals surface area contributed by atoms with E-state index in [1.165, 1.54) is 6.07 Å². The number of hydrogen-bond donors (Lipinski definition) is 2. The van der Waals surface area contributed by atoms with E-state index in [9.17, 15) is 18.1 Å². The summed E-state index contributed by atoms with van der Waals surface area (Å²) >= 11 is 0. The predicted octanol–water partition coefficient (Wildman–Crippen LogP) is 1.49. The van der Waals surface area contributed by atoms with E-state index in [2.05, 4.69) is 5.32 Å². The minimum Gasteiger partial charge on any atom is -0.744 e. The Labute approximate surface area is 98.5 Å². The van der Waals surface area contributed by atoms with Crippen LogP contribution in [0.25, 0.3) is 10.8 Å². The molecule has 0 amide bonds. The highest BCUT2D eigenvalue weighted by Crippen LogP contribution is 2.30. The Kier molecular flexibility index (Phi) is 2.68. The number of aromatic hydroxyl groups is 1. The molecular weight excluding hydrogens is 242 g/mol. The van der Waals surface area contributed by atoms with E-state index < -0.39 is 15.0 Å². The number of nitrogens with one attached hydrogen (secondary N) is 1. The lowest BCUT2D eigenvalue weighted by Gasteiger charge is -2.10. The first-order valence-corrected chi connectivity index (χ1v) is 6.23. The molecule has 2 aromatic carbocycles. The second kappa shape index (κ2) is 3.90. The van der Waals surface area contributed by atoms with Gasteiger partial charge in [-0.2, -0.15) is 0 Å². The first kappa shape index (κ1) is 11.7. The van der Waals surface area contributed by atoms with Crippen LogP contribution < -0.4 is 5.32 Å². The molecule has 6 heteroatoms. The SMILES string of the molecule is CNc1ccc2c(O)cc(S(=O)(=O)[O-])cc2c1. The Morgan fingerprint density at radius 2 is 1.94 bits per heavy atom. The van der Waals surface area contributed by atoms with Crippen molar-refractivity contribution < 1.29 is 18.1 Å². The average molecular weight is 252 g/mol. The number of rotatable bonds is 2. The van der Waals surface area contributed by atoms with Crippen molar-refractivity contribution in [1.82, 2.24) is 0 Å². The zero-order valence-electron chi connectivity index (χ0n) is 8.97. The van der Waals surface area contributed by atoms with Crippen molar-refractivity contribution in [3.63, 3.8) is 0 Å². The fourth-order valence-electron chi connectivity index (χ4n) is 1.62. The fraction of sp³-hybridized carbons (Fsp3) is 0.0909. The summed E-state index contributed by atoms with van der Waals surface area (Å²) in [7, 11) is -2.85. The lowest BCUT2D eigenvalue weighted by atomic mass is 10.1. The molecule has 0 saturated carbocycles. The van der Waals surface area contributed by atoms with Crippen LogP contribution in [0, 0.1) is 0 Å². The zero-order chi connectivity index (χ0) is 12.6. The van der Waals surface area contributed by atoms with E-state index >= 15 is 0 Å².